The molecule has 1 aliphatic heterocycles. The van der Waals surface area contributed by atoms with Crippen LogP contribution in [0.5, 0.6) is 0 Å². The van der Waals surface area contributed by atoms with Gasteiger partial charge in [-0.3, -0.25) is 4.79 Å². The average molecular weight is 252 g/mol. The summed E-state index contributed by atoms with van der Waals surface area (Å²) in [5.74, 6) is 1.14. The molecular formula is C15H28N2O. The number of rotatable bonds is 6. The van der Waals surface area contributed by atoms with Crippen molar-refractivity contribution in [2.75, 3.05) is 13.1 Å². The fourth-order valence-corrected chi connectivity index (χ4v) is 3.12. The predicted octanol–water partition coefficient (Wildman–Crippen LogP) is 2.56. The summed E-state index contributed by atoms with van der Waals surface area (Å²) in [6, 6.07) is 0.328. The van der Waals surface area contributed by atoms with Gasteiger partial charge in [0.2, 0.25) is 5.91 Å². The first-order chi connectivity index (χ1) is 8.59. The van der Waals surface area contributed by atoms with Gasteiger partial charge in [0.05, 0.1) is 5.54 Å². The maximum atomic E-state index is 12.9. The molecule has 1 aliphatic carbocycles. The highest BCUT2D eigenvalue weighted by Gasteiger charge is 2.44. The lowest BCUT2D eigenvalue weighted by molar-refractivity contribution is -0.140. The van der Waals surface area contributed by atoms with E-state index in [1.54, 1.807) is 0 Å². The van der Waals surface area contributed by atoms with Crippen LogP contribution < -0.4 is 5.32 Å². The monoisotopic (exact) mass is 252 g/mol. The summed E-state index contributed by atoms with van der Waals surface area (Å²) in [5.41, 5.74) is -0.242. The van der Waals surface area contributed by atoms with Gasteiger partial charge in [-0.05, 0) is 58.4 Å². The Labute approximate surface area is 111 Å². The van der Waals surface area contributed by atoms with Gasteiger partial charge in [-0.15, -0.1) is 0 Å². The van der Waals surface area contributed by atoms with Gasteiger partial charge in [-0.25, -0.2) is 0 Å². The highest BCUT2D eigenvalue weighted by Crippen LogP contribution is 2.33. The molecule has 1 heterocycles. The van der Waals surface area contributed by atoms with Gasteiger partial charge in [0, 0.05) is 12.6 Å². The Bertz CT molecular complexity index is 291. The van der Waals surface area contributed by atoms with E-state index in [9.17, 15) is 4.79 Å². The van der Waals surface area contributed by atoms with Crippen LogP contribution >= 0.6 is 0 Å². The van der Waals surface area contributed by atoms with Crippen molar-refractivity contribution in [3.63, 3.8) is 0 Å². The molecule has 2 rings (SSSR count). The molecule has 0 spiro atoms. The van der Waals surface area contributed by atoms with Gasteiger partial charge >= 0.3 is 0 Å². The molecule has 1 saturated carbocycles. The fourth-order valence-electron chi connectivity index (χ4n) is 3.12. The van der Waals surface area contributed by atoms with Crippen LogP contribution in [-0.4, -0.2) is 35.5 Å². The lowest BCUT2D eigenvalue weighted by atomic mass is 9.89. The Morgan fingerprint density at radius 2 is 2.17 bits per heavy atom. The van der Waals surface area contributed by atoms with Crippen LogP contribution in [0, 0.1) is 5.92 Å². The summed E-state index contributed by atoms with van der Waals surface area (Å²) < 4.78 is 0. The fraction of sp³-hybridized carbons (Fsp3) is 0.933. The minimum absolute atomic E-state index is 0.242. The van der Waals surface area contributed by atoms with Crippen molar-refractivity contribution in [1.29, 1.82) is 0 Å². The second kappa shape index (κ2) is 5.60. The number of nitrogens with zero attached hydrogens (tertiary/aromatic N) is 1. The Kier molecular flexibility index (Phi) is 4.31. The lowest BCUT2D eigenvalue weighted by Crippen LogP contribution is -2.57. The second-order valence-electron chi connectivity index (χ2n) is 6.36. The maximum absolute atomic E-state index is 12.9. The Morgan fingerprint density at radius 1 is 1.44 bits per heavy atom. The van der Waals surface area contributed by atoms with E-state index in [-0.39, 0.29) is 5.54 Å². The zero-order chi connectivity index (χ0) is 13.2. The molecule has 1 unspecified atom stereocenters. The van der Waals surface area contributed by atoms with Crippen LogP contribution in [0.3, 0.4) is 0 Å². The standard InChI is InChI=1S/C15H28N2O/c1-4-8-15(9-5-10-16-15)14(18)17(12(2)3)11-13-6-7-13/h12-13,16H,4-11H2,1-3H3. The average Bonchev–Trinajstić information content (AvgIpc) is 3.03. The van der Waals surface area contributed by atoms with E-state index in [1.165, 1.54) is 12.8 Å². The van der Waals surface area contributed by atoms with Gasteiger partial charge in [0.1, 0.15) is 0 Å². The van der Waals surface area contributed by atoms with Gasteiger partial charge in [0.15, 0.2) is 0 Å². The molecule has 3 heteroatoms. The van der Waals surface area contributed by atoms with Crippen molar-refractivity contribution >= 4 is 5.91 Å². The van der Waals surface area contributed by atoms with Gasteiger partial charge in [-0.2, -0.15) is 0 Å². The van der Waals surface area contributed by atoms with Crippen molar-refractivity contribution in [2.45, 2.75) is 70.9 Å². The number of amides is 1. The zero-order valence-corrected chi connectivity index (χ0v) is 12.2. The molecule has 1 atom stereocenters. The van der Waals surface area contributed by atoms with Crippen molar-refractivity contribution in [2.24, 2.45) is 5.92 Å². The first-order valence-electron chi connectivity index (χ1n) is 7.65. The van der Waals surface area contributed by atoms with Gasteiger partial charge < -0.3 is 10.2 Å². The molecule has 0 bridgehead atoms. The van der Waals surface area contributed by atoms with Crippen LogP contribution in [0.4, 0.5) is 0 Å². The molecule has 18 heavy (non-hydrogen) atoms. The molecule has 0 aromatic heterocycles. The molecular weight excluding hydrogens is 224 g/mol. The molecule has 2 fully saturated rings. The van der Waals surface area contributed by atoms with Crippen LogP contribution in [0.2, 0.25) is 0 Å². The SMILES string of the molecule is CCCC1(C(=O)N(CC2CC2)C(C)C)CCCN1. The lowest BCUT2D eigenvalue weighted by Gasteiger charge is -2.37. The van der Waals surface area contributed by atoms with E-state index in [0.717, 1.165) is 44.7 Å². The molecule has 0 aromatic carbocycles. The third kappa shape index (κ3) is 2.87. The summed E-state index contributed by atoms with van der Waals surface area (Å²) in [7, 11) is 0. The smallest absolute Gasteiger partial charge is 0.243 e. The molecule has 3 nitrogen and oxygen atoms in total. The topological polar surface area (TPSA) is 32.3 Å². The predicted molar refractivity (Wildman–Crippen MR) is 74.4 cm³/mol. The number of hydrogen-bond acceptors (Lipinski definition) is 2. The molecule has 1 saturated heterocycles. The molecule has 104 valence electrons. The number of carbonyl (C=O) groups is 1. The van der Waals surface area contributed by atoms with Crippen LogP contribution in [-0.2, 0) is 4.79 Å². The number of nitrogens with one attached hydrogen (secondary N) is 1. The van der Waals surface area contributed by atoms with E-state index >= 15 is 0 Å². The molecule has 2 aliphatic rings. The highest BCUT2D eigenvalue weighted by molar-refractivity contribution is 5.87. The summed E-state index contributed by atoms with van der Waals surface area (Å²) in [6.07, 6.45) is 6.85. The third-order valence-corrected chi connectivity index (χ3v) is 4.37. The summed E-state index contributed by atoms with van der Waals surface area (Å²) in [4.78, 5) is 15.1. The van der Waals surface area contributed by atoms with Gasteiger partial charge in [-0.1, -0.05) is 13.3 Å². The number of hydrogen-bond donors (Lipinski definition) is 1. The minimum Gasteiger partial charge on any atom is -0.338 e. The Hall–Kier alpha value is -0.570. The van der Waals surface area contributed by atoms with Gasteiger partial charge in [0.25, 0.3) is 0 Å². The Balaban J connectivity index is 2.08. The number of carbonyl (C=O) groups excluding carboxylic acids is 1. The van der Waals surface area contributed by atoms with Crippen molar-refractivity contribution in [3.05, 3.63) is 0 Å². The minimum atomic E-state index is -0.242. The summed E-state index contributed by atoms with van der Waals surface area (Å²) in [6.45, 7) is 8.45. The first kappa shape index (κ1) is 13.9. The third-order valence-electron chi connectivity index (χ3n) is 4.37. The zero-order valence-electron chi connectivity index (χ0n) is 12.2. The molecule has 1 amide bonds. The van der Waals surface area contributed by atoms with E-state index < -0.39 is 0 Å². The normalized spacial score (nSPS) is 27.8. The summed E-state index contributed by atoms with van der Waals surface area (Å²) >= 11 is 0. The van der Waals surface area contributed by atoms with E-state index in [4.69, 9.17) is 0 Å². The quantitative estimate of drug-likeness (QED) is 0.788. The molecule has 0 aromatic rings. The van der Waals surface area contributed by atoms with Crippen molar-refractivity contribution in [3.8, 4) is 0 Å². The van der Waals surface area contributed by atoms with E-state index in [1.807, 2.05) is 0 Å². The first-order valence-corrected chi connectivity index (χ1v) is 7.65. The van der Waals surface area contributed by atoms with Crippen molar-refractivity contribution in [1.82, 2.24) is 10.2 Å². The maximum Gasteiger partial charge on any atom is 0.243 e. The van der Waals surface area contributed by atoms with E-state index in [2.05, 4.69) is 31.0 Å². The van der Waals surface area contributed by atoms with Crippen molar-refractivity contribution < 1.29 is 4.79 Å². The van der Waals surface area contributed by atoms with Crippen LogP contribution in [0.25, 0.3) is 0 Å². The van der Waals surface area contributed by atoms with Crippen LogP contribution in [0.15, 0.2) is 0 Å². The van der Waals surface area contributed by atoms with E-state index in [0.29, 0.717) is 11.9 Å². The highest BCUT2D eigenvalue weighted by atomic mass is 16.2. The Morgan fingerprint density at radius 3 is 2.61 bits per heavy atom. The molecule has 0 radical (unpaired) electrons. The molecule has 1 N–H and O–H groups in total. The summed E-state index contributed by atoms with van der Waals surface area (Å²) in [5, 5.41) is 3.51. The largest absolute Gasteiger partial charge is 0.338 e. The van der Waals surface area contributed by atoms with Crippen LogP contribution in [0.1, 0.15) is 59.3 Å². The second-order valence-corrected chi connectivity index (χ2v) is 6.36.